The smallest absolute Gasteiger partial charge is 0.236 e. The summed E-state index contributed by atoms with van der Waals surface area (Å²) in [5, 5.41) is 2.68. The maximum absolute atomic E-state index is 11.3. The molecule has 13 heavy (non-hydrogen) atoms. The highest BCUT2D eigenvalue weighted by Gasteiger charge is 2.23. The van der Waals surface area contributed by atoms with E-state index in [2.05, 4.69) is 22.2 Å². The largest absolute Gasteiger partial charge is 0.358 e. The fourth-order valence-electron chi connectivity index (χ4n) is 1.58. The van der Waals surface area contributed by atoms with E-state index in [4.69, 9.17) is 0 Å². The van der Waals surface area contributed by atoms with Crippen LogP contribution in [-0.4, -0.2) is 62.0 Å². The molecule has 1 aliphatic heterocycles. The van der Waals surface area contributed by atoms with Crippen molar-refractivity contribution >= 4 is 5.91 Å². The number of nitrogens with one attached hydrogen (secondary N) is 1. The number of hydrogen-bond donors (Lipinski definition) is 1. The van der Waals surface area contributed by atoms with E-state index in [9.17, 15) is 4.79 Å². The lowest BCUT2D eigenvalue weighted by molar-refractivity contribution is -0.126. The first-order valence-corrected chi connectivity index (χ1v) is 4.79. The van der Waals surface area contributed by atoms with E-state index in [0.717, 1.165) is 26.2 Å². The fraction of sp³-hybridized carbons (Fsp3) is 0.889. The van der Waals surface area contributed by atoms with Crippen LogP contribution in [0.1, 0.15) is 6.92 Å². The summed E-state index contributed by atoms with van der Waals surface area (Å²) in [7, 11) is 3.80. The van der Waals surface area contributed by atoms with Crippen LogP contribution < -0.4 is 5.32 Å². The maximum atomic E-state index is 11.3. The van der Waals surface area contributed by atoms with Gasteiger partial charge in [-0.1, -0.05) is 0 Å². The number of carbonyl (C=O) groups excluding carboxylic acids is 1. The van der Waals surface area contributed by atoms with Gasteiger partial charge in [0.2, 0.25) is 5.91 Å². The minimum atomic E-state index is 0.0127. The van der Waals surface area contributed by atoms with Gasteiger partial charge in [-0.25, -0.2) is 0 Å². The Bertz CT molecular complexity index is 176. The Balaban J connectivity index is 2.39. The van der Waals surface area contributed by atoms with E-state index < -0.39 is 0 Å². The van der Waals surface area contributed by atoms with Crippen LogP contribution in [0.2, 0.25) is 0 Å². The monoisotopic (exact) mass is 185 g/mol. The number of carbonyl (C=O) groups is 1. The van der Waals surface area contributed by atoms with Crippen molar-refractivity contribution in [2.45, 2.75) is 13.0 Å². The molecule has 1 fully saturated rings. The molecule has 1 rings (SSSR count). The summed E-state index contributed by atoms with van der Waals surface area (Å²) in [4.78, 5) is 15.8. The molecule has 0 aromatic rings. The number of likely N-dealkylation sites (N-methyl/N-ethyl adjacent to an activating group) is 2. The first kappa shape index (κ1) is 10.5. The number of rotatable bonds is 2. The quantitative estimate of drug-likeness (QED) is 0.622. The highest BCUT2D eigenvalue weighted by atomic mass is 16.2. The zero-order valence-corrected chi connectivity index (χ0v) is 8.71. The summed E-state index contributed by atoms with van der Waals surface area (Å²) in [6.45, 7) is 6.06. The van der Waals surface area contributed by atoms with Crippen LogP contribution >= 0.6 is 0 Å². The lowest BCUT2D eigenvalue weighted by Gasteiger charge is -2.35. The van der Waals surface area contributed by atoms with Crippen molar-refractivity contribution in [2.24, 2.45) is 0 Å². The molecule has 76 valence electrons. The molecule has 0 aromatic heterocycles. The molecule has 1 amide bonds. The fourth-order valence-corrected chi connectivity index (χ4v) is 1.58. The van der Waals surface area contributed by atoms with Crippen molar-refractivity contribution < 1.29 is 4.79 Å². The van der Waals surface area contributed by atoms with Gasteiger partial charge in [0.1, 0.15) is 0 Å². The molecule has 0 saturated carbocycles. The van der Waals surface area contributed by atoms with E-state index in [1.165, 1.54) is 0 Å². The third-order valence-electron chi connectivity index (χ3n) is 2.71. The molecule has 4 nitrogen and oxygen atoms in total. The lowest BCUT2D eigenvalue weighted by atomic mass is 10.2. The summed E-state index contributed by atoms with van der Waals surface area (Å²) in [6.07, 6.45) is 0. The van der Waals surface area contributed by atoms with Crippen molar-refractivity contribution in [3.8, 4) is 0 Å². The van der Waals surface area contributed by atoms with E-state index in [1.807, 2.05) is 6.92 Å². The van der Waals surface area contributed by atoms with Crippen LogP contribution in [-0.2, 0) is 4.79 Å². The van der Waals surface area contributed by atoms with Gasteiger partial charge in [0.15, 0.2) is 0 Å². The van der Waals surface area contributed by atoms with Crippen LogP contribution in [0.15, 0.2) is 0 Å². The number of amides is 1. The van der Waals surface area contributed by atoms with Crippen LogP contribution in [0.3, 0.4) is 0 Å². The van der Waals surface area contributed by atoms with Gasteiger partial charge in [-0.05, 0) is 14.0 Å². The highest BCUT2D eigenvalue weighted by Crippen LogP contribution is 2.04. The molecular formula is C9H19N3O. The standard InChI is InChI=1S/C9H19N3O/c1-8(9(13)10-2)12-6-4-11(3)5-7-12/h8H,4-7H2,1-3H3,(H,10,13)/t8-/m1/s1. The Morgan fingerprint density at radius 2 is 1.85 bits per heavy atom. The molecule has 1 aliphatic rings. The molecular weight excluding hydrogens is 166 g/mol. The summed E-state index contributed by atoms with van der Waals surface area (Å²) in [5.74, 6) is 0.115. The third kappa shape index (κ3) is 2.67. The Kier molecular flexibility index (Phi) is 3.69. The predicted octanol–water partition coefficient (Wildman–Crippen LogP) is -0.632. The average Bonchev–Trinajstić information content (AvgIpc) is 2.17. The Morgan fingerprint density at radius 1 is 1.31 bits per heavy atom. The second-order valence-corrected chi connectivity index (χ2v) is 3.63. The minimum absolute atomic E-state index is 0.0127. The maximum Gasteiger partial charge on any atom is 0.236 e. The van der Waals surface area contributed by atoms with E-state index in [1.54, 1.807) is 7.05 Å². The average molecular weight is 185 g/mol. The van der Waals surface area contributed by atoms with Gasteiger partial charge in [0.25, 0.3) is 0 Å². The number of nitrogens with zero attached hydrogens (tertiary/aromatic N) is 2. The predicted molar refractivity (Wildman–Crippen MR) is 52.6 cm³/mol. The first-order valence-electron chi connectivity index (χ1n) is 4.79. The molecule has 1 atom stereocenters. The normalized spacial score (nSPS) is 22.7. The highest BCUT2D eigenvalue weighted by molar-refractivity contribution is 5.80. The second kappa shape index (κ2) is 4.58. The lowest BCUT2D eigenvalue weighted by Crippen LogP contribution is -2.52. The Hall–Kier alpha value is -0.610. The number of hydrogen-bond acceptors (Lipinski definition) is 3. The van der Waals surface area contributed by atoms with Gasteiger partial charge >= 0.3 is 0 Å². The summed E-state index contributed by atoms with van der Waals surface area (Å²) < 4.78 is 0. The minimum Gasteiger partial charge on any atom is -0.358 e. The molecule has 0 aromatic carbocycles. The summed E-state index contributed by atoms with van der Waals surface area (Å²) >= 11 is 0. The topological polar surface area (TPSA) is 35.6 Å². The molecule has 0 aliphatic carbocycles. The molecule has 1 saturated heterocycles. The SMILES string of the molecule is CNC(=O)[C@@H](C)N1CCN(C)CC1. The number of piperazine rings is 1. The molecule has 1 heterocycles. The molecule has 0 bridgehead atoms. The van der Waals surface area contributed by atoms with Gasteiger partial charge in [-0.15, -0.1) is 0 Å². The van der Waals surface area contributed by atoms with Gasteiger partial charge in [-0.3, -0.25) is 9.69 Å². The van der Waals surface area contributed by atoms with Gasteiger partial charge in [0.05, 0.1) is 6.04 Å². The molecule has 0 radical (unpaired) electrons. The van der Waals surface area contributed by atoms with E-state index in [-0.39, 0.29) is 11.9 Å². The van der Waals surface area contributed by atoms with E-state index in [0.29, 0.717) is 0 Å². The zero-order valence-electron chi connectivity index (χ0n) is 8.71. The van der Waals surface area contributed by atoms with Gasteiger partial charge in [0, 0.05) is 33.2 Å². The first-order chi connectivity index (χ1) is 6.15. The Labute approximate surface area is 79.9 Å². The molecule has 1 N–H and O–H groups in total. The van der Waals surface area contributed by atoms with Crippen molar-refractivity contribution in [1.29, 1.82) is 0 Å². The van der Waals surface area contributed by atoms with Crippen LogP contribution in [0, 0.1) is 0 Å². The van der Waals surface area contributed by atoms with Crippen LogP contribution in [0.5, 0.6) is 0 Å². The van der Waals surface area contributed by atoms with Crippen molar-refractivity contribution in [3.63, 3.8) is 0 Å². The van der Waals surface area contributed by atoms with Gasteiger partial charge in [-0.2, -0.15) is 0 Å². The van der Waals surface area contributed by atoms with Crippen molar-refractivity contribution in [3.05, 3.63) is 0 Å². The van der Waals surface area contributed by atoms with Gasteiger partial charge < -0.3 is 10.2 Å². The zero-order chi connectivity index (χ0) is 9.84. The Morgan fingerprint density at radius 3 is 2.31 bits per heavy atom. The molecule has 0 spiro atoms. The van der Waals surface area contributed by atoms with E-state index >= 15 is 0 Å². The third-order valence-corrected chi connectivity index (χ3v) is 2.71. The second-order valence-electron chi connectivity index (χ2n) is 3.63. The van der Waals surface area contributed by atoms with Crippen molar-refractivity contribution in [1.82, 2.24) is 15.1 Å². The summed E-state index contributed by atoms with van der Waals surface area (Å²) in [5.41, 5.74) is 0. The summed E-state index contributed by atoms with van der Waals surface area (Å²) in [6, 6.07) is 0.0127. The molecule has 4 heteroatoms. The van der Waals surface area contributed by atoms with Crippen molar-refractivity contribution in [2.75, 3.05) is 40.3 Å². The van der Waals surface area contributed by atoms with Crippen LogP contribution in [0.25, 0.3) is 0 Å². The van der Waals surface area contributed by atoms with Crippen LogP contribution in [0.4, 0.5) is 0 Å². The molecule has 0 unspecified atom stereocenters.